The van der Waals surface area contributed by atoms with Crippen LogP contribution in [0.15, 0.2) is 12.2 Å². The molecule has 72 valence electrons. The van der Waals surface area contributed by atoms with Gasteiger partial charge in [0.25, 0.3) is 0 Å². The molecular weight excluding hydrogens is 178 g/mol. The summed E-state index contributed by atoms with van der Waals surface area (Å²) in [5.74, 6) is -0.137. The van der Waals surface area contributed by atoms with Crippen molar-refractivity contribution < 1.29 is 9.59 Å². The molecule has 2 rings (SSSR count). The molecule has 0 bridgehead atoms. The minimum absolute atomic E-state index is 0.0687. The third kappa shape index (κ3) is 0.923. The van der Waals surface area contributed by atoms with E-state index in [4.69, 9.17) is 0 Å². The summed E-state index contributed by atoms with van der Waals surface area (Å²) in [6.07, 6.45) is 2.69. The van der Waals surface area contributed by atoms with Crippen LogP contribution in [0, 0.1) is 13.8 Å². The van der Waals surface area contributed by atoms with Crippen LogP contribution in [0.4, 0.5) is 0 Å². The summed E-state index contributed by atoms with van der Waals surface area (Å²) in [4.78, 5) is 23.1. The van der Waals surface area contributed by atoms with Gasteiger partial charge in [0.05, 0.1) is 11.1 Å². The molecular formula is C11H11NO2. The van der Waals surface area contributed by atoms with Crippen molar-refractivity contribution in [3.63, 3.8) is 0 Å². The number of carbonyl (C=O) groups is 2. The molecule has 0 aromatic carbocycles. The molecule has 0 spiro atoms. The van der Waals surface area contributed by atoms with Crippen LogP contribution in [-0.2, 0) is 7.05 Å². The zero-order valence-corrected chi connectivity index (χ0v) is 8.42. The first-order valence-electron chi connectivity index (χ1n) is 4.46. The average molecular weight is 189 g/mol. The lowest BCUT2D eigenvalue weighted by Crippen LogP contribution is -2.10. The van der Waals surface area contributed by atoms with E-state index >= 15 is 0 Å². The van der Waals surface area contributed by atoms with Crippen molar-refractivity contribution in [2.75, 3.05) is 0 Å². The Morgan fingerprint density at radius 1 is 0.929 bits per heavy atom. The first-order chi connectivity index (χ1) is 6.54. The second kappa shape index (κ2) is 2.67. The molecule has 0 unspecified atom stereocenters. The number of ketones is 2. The van der Waals surface area contributed by atoms with Gasteiger partial charge in [0, 0.05) is 18.4 Å². The minimum Gasteiger partial charge on any atom is -0.351 e. The fourth-order valence-electron chi connectivity index (χ4n) is 1.87. The summed E-state index contributed by atoms with van der Waals surface area (Å²) < 4.78 is 1.88. The van der Waals surface area contributed by atoms with E-state index in [0.29, 0.717) is 11.1 Å². The third-order valence-electron chi connectivity index (χ3n) is 2.86. The van der Waals surface area contributed by atoms with E-state index in [-0.39, 0.29) is 11.6 Å². The zero-order chi connectivity index (χ0) is 10.5. The lowest BCUT2D eigenvalue weighted by Gasteiger charge is -2.03. The summed E-state index contributed by atoms with van der Waals surface area (Å²) in [7, 11) is 1.86. The lowest BCUT2D eigenvalue weighted by molar-refractivity contribution is 0.0994. The van der Waals surface area contributed by atoms with Gasteiger partial charge in [0.15, 0.2) is 11.6 Å². The largest absolute Gasteiger partial charge is 0.351 e. The van der Waals surface area contributed by atoms with E-state index in [2.05, 4.69) is 0 Å². The van der Waals surface area contributed by atoms with Gasteiger partial charge < -0.3 is 4.57 Å². The molecule has 0 saturated heterocycles. The molecule has 1 aliphatic rings. The van der Waals surface area contributed by atoms with E-state index in [1.165, 1.54) is 12.2 Å². The van der Waals surface area contributed by atoms with E-state index in [9.17, 15) is 9.59 Å². The lowest BCUT2D eigenvalue weighted by atomic mass is 9.96. The van der Waals surface area contributed by atoms with Gasteiger partial charge in [-0.3, -0.25) is 9.59 Å². The quantitative estimate of drug-likeness (QED) is 0.621. The van der Waals surface area contributed by atoms with Crippen molar-refractivity contribution in [3.8, 4) is 0 Å². The van der Waals surface area contributed by atoms with Gasteiger partial charge in [-0.2, -0.15) is 0 Å². The Labute approximate surface area is 82.0 Å². The van der Waals surface area contributed by atoms with E-state index in [1.807, 2.05) is 25.5 Å². The minimum atomic E-state index is -0.0687. The van der Waals surface area contributed by atoms with Crippen LogP contribution in [0.5, 0.6) is 0 Å². The van der Waals surface area contributed by atoms with Crippen LogP contribution in [0.25, 0.3) is 0 Å². The van der Waals surface area contributed by atoms with Crippen LogP contribution < -0.4 is 0 Å². The number of hydrogen-bond donors (Lipinski definition) is 0. The highest BCUT2D eigenvalue weighted by atomic mass is 16.1. The highest BCUT2D eigenvalue weighted by molar-refractivity contribution is 6.23. The molecule has 0 N–H and O–H groups in total. The monoisotopic (exact) mass is 189 g/mol. The van der Waals surface area contributed by atoms with Crippen LogP contribution in [0.1, 0.15) is 32.1 Å². The van der Waals surface area contributed by atoms with Crippen molar-refractivity contribution in [1.29, 1.82) is 0 Å². The second-order valence-corrected chi connectivity index (χ2v) is 3.54. The summed E-state index contributed by atoms with van der Waals surface area (Å²) >= 11 is 0. The number of fused-ring (bicyclic) bond motifs is 1. The van der Waals surface area contributed by atoms with Crippen molar-refractivity contribution in [2.45, 2.75) is 13.8 Å². The zero-order valence-electron chi connectivity index (χ0n) is 8.42. The molecule has 0 amide bonds. The van der Waals surface area contributed by atoms with Gasteiger partial charge in [-0.1, -0.05) is 0 Å². The van der Waals surface area contributed by atoms with Crippen LogP contribution >= 0.6 is 0 Å². The van der Waals surface area contributed by atoms with Gasteiger partial charge in [-0.15, -0.1) is 0 Å². The molecule has 1 aromatic rings. The predicted molar refractivity (Wildman–Crippen MR) is 52.7 cm³/mol. The number of aromatic nitrogens is 1. The van der Waals surface area contributed by atoms with Crippen molar-refractivity contribution >= 4 is 11.6 Å². The Morgan fingerprint density at radius 3 is 1.64 bits per heavy atom. The topological polar surface area (TPSA) is 39.1 Å². The maximum absolute atomic E-state index is 11.6. The molecule has 1 aliphatic carbocycles. The van der Waals surface area contributed by atoms with E-state index in [0.717, 1.165) is 11.4 Å². The first-order valence-corrected chi connectivity index (χ1v) is 4.46. The second-order valence-electron chi connectivity index (χ2n) is 3.54. The van der Waals surface area contributed by atoms with Crippen LogP contribution in [0.2, 0.25) is 0 Å². The Hall–Kier alpha value is -1.64. The van der Waals surface area contributed by atoms with Crippen molar-refractivity contribution in [2.24, 2.45) is 7.05 Å². The van der Waals surface area contributed by atoms with Gasteiger partial charge in [-0.25, -0.2) is 0 Å². The molecule has 1 heterocycles. The highest BCUT2D eigenvalue weighted by Crippen LogP contribution is 2.25. The molecule has 0 aliphatic heterocycles. The summed E-state index contributed by atoms with van der Waals surface area (Å²) in [5, 5.41) is 0. The summed E-state index contributed by atoms with van der Waals surface area (Å²) in [6.45, 7) is 3.71. The summed E-state index contributed by atoms with van der Waals surface area (Å²) in [6, 6.07) is 0. The predicted octanol–water partition coefficient (Wildman–Crippen LogP) is 1.58. The maximum atomic E-state index is 11.6. The molecule has 3 nitrogen and oxygen atoms in total. The van der Waals surface area contributed by atoms with Crippen molar-refractivity contribution in [3.05, 3.63) is 34.7 Å². The molecule has 0 fully saturated rings. The van der Waals surface area contributed by atoms with E-state index < -0.39 is 0 Å². The van der Waals surface area contributed by atoms with Crippen molar-refractivity contribution in [1.82, 2.24) is 4.57 Å². The Balaban J connectivity index is 2.84. The molecule has 0 saturated carbocycles. The first kappa shape index (κ1) is 8.94. The average Bonchev–Trinajstić information content (AvgIpc) is 2.38. The summed E-state index contributed by atoms with van der Waals surface area (Å²) in [5.41, 5.74) is 2.86. The molecule has 1 aromatic heterocycles. The van der Waals surface area contributed by atoms with Crippen LogP contribution in [-0.4, -0.2) is 16.1 Å². The standard InChI is InChI=1S/C11H11NO2/c1-6-10-8(13)4-5-9(14)11(10)7(2)12(6)3/h4-5H,1-3H3. The van der Waals surface area contributed by atoms with Gasteiger partial charge in [0.2, 0.25) is 0 Å². The SMILES string of the molecule is Cc1c2c(c(C)n1C)C(=O)C=CC2=O. The van der Waals surface area contributed by atoms with Gasteiger partial charge in [0.1, 0.15) is 0 Å². The number of nitrogens with zero attached hydrogens (tertiary/aromatic N) is 1. The Kier molecular flexibility index (Phi) is 1.71. The smallest absolute Gasteiger partial charge is 0.188 e. The highest BCUT2D eigenvalue weighted by Gasteiger charge is 2.26. The fraction of sp³-hybridized carbons (Fsp3) is 0.273. The number of rotatable bonds is 0. The van der Waals surface area contributed by atoms with E-state index in [1.54, 1.807) is 0 Å². The van der Waals surface area contributed by atoms with Gasteiger partial charge in [-0.05, 0) is 26.0 Å². The van der Waals surface area contributed by atoms with Gasteiger partial charge >= 0.3 is 0 Å². The molecule has 3 heteroatoms. The molecule has 14 heavy (non-hydrogen) atoms. The normalized spacial score (nSPS) is 14.8. The number of hydrogen-bond acceptors (Lipinski definition) is 2. The third-order valence-corrected chi connectivity index (χ3v) is 2.86. The molecule has 0 atom stereocenters. The fourth-order valence-corrected chi connectivity index (χ4v) is 1.87. The maximum Gasteiger partial charge on any atom is 0.188 e. The number of allylic oxidation sites excluding steroid dienone is 2. The van der Waals surface area contributed by atoms with Crippen LogP contribution in [0.3, 0.4) is 0 Å². The molecule has 0 radical (unpaired) electrons. The Morgan fingerprint density at radius 2 is 1.29 bits per heavy atom. The Bertz CT molecular complexity index is 436. The number of carbonyl (C=O) groups excluding carboxylic acids is 2.